The second-order valence-corrected chi connectivity index (χ2v) is 9.25. The summed E-state index contributed by atoms with van der Waals surface area (Å²) in [5.74, 6) is 0.342. The first-order valence-corrected chi connectivity index (χ1v) is 12.9. The molecule has 8 nitrogen and oxygen atoms in total. The quantitative estimate of drug-likeness (QED) is 0.235. The second-order valence-electron chi connectivity index (χ2n) is 9.25. The Morgan fingerprint density at radius 2 is 1.45 bits per heavy atom. The normalized spacial score (nSPS) is 11.0. The van der Waals surface area contributed by atoms with Crippen LogP contribution in [0.5, 0.6) is 5.75 Å². The number of nitrogens with zero attached hydrogens (tertiary/aromatic N) is 5. The highest BCUT2D eigenvalue weighted by Crippen LogP contribution is 2.31. The lowest BCUT2D eigenvalue weighted by atomic mass is 10.0. The predicted octanol–water partition coefficient (Wildman–Crippen LogP) is 6.70. The van der Waals surface area contributed by atoms with Crippen LogP contribution >= 0.6 is 0 Å². The van der Waals surface area contributed by atoms with E-state index in [9.17, 15) is 9.90 Å². The van der Waals surface area contributed by atoms with Gasteiger partial charge in [-0.25, -0.2) is 14.5 Å². The van der Waals surface area contributed by atoms with Gasteiger partial charge < -0.3 is 9.84 Å². The van der Waals surface area contributed by atoms with E-state index in [-0.39, 0.29) is 5.56 Å². The van der Waals surface area contributed by atoms with Gasteiger partial charge in [0.1, 0.15) is 5.75 Å². The first-order chi connectivity index (χ1) is 19.6. The topological polar surface area (TPSA) is 103 Å². The Kier molecular flexibility index (Phi) is 6.72. The van der Waals surface area contributed by atoms with Gasteiger partial charge in [-0.15, -0.1) is 0 Å². The van der Waals surface area contributed by atoms with Gasteiger partial charge in [0.15, 0.2) is 5.82 Å². The molecule has 196 valence electrons. The van der Waals surface area contributed by atoms with E-state index in [0.717, 1.165) is 56.8 Å². The van der Waals surface area contributed by atoms with Crippen LogP contribution < -0.4 is 4.74 Å². The fourth-order valence-electron chi connectivity index (χ4n) is 4.46. The van der Waals surface area contributed by atoms with E-state index in [1.807, 2.05) is 48.5 Å². The Morgan fingerprint density at radius 1 is 0.775 bits per heavy atom. The SMILES string of the molecule is CCCOc1ccc(-c2ccc(-c3cc(-c4ccc5nccnc5c4)n(-c4ccc(C(=O)O)cn4)n3)cc2)cc1. The van der Waals surface area contributed by atoms with E-state index in [1.54, 1.807) is 23.1 Å². The molecule has 0 aliphatic heterocycles. The molecule has 6 aromatic rings. The molecule has 0 amide bonds. The molecule has 0 saturated carbocycles. The lowest BCUT2D eigenvalue weighted by molar-refractivity contribution is 0.0696. The Bertz CT molecular complexity index is 1790. The van der Waals surface area contributed by atoms with Crippen LogP contribution in [0.3, 0.4) is 0 Å². The Morgan fingerprint density at radius 3 is 2.12 bits per heavy atom. The molecule has 6 rings (SSSR count). The van der Waals surface area contributed by atoms with Gasteiger partial charge in [0, 0.05) is 29.7 Å². The molecule has 0 aliphatic rings. The second kappa shape index (κ2) is 10.8. The summed E-state index contributed by atoms with van der Waals surface area (Å²) < 4.78 is 7.42. The average Bonchev–Trinajstić information content (AvgIpc) is 3.46. The molecule has 40 heavy (non-hydrogen) atoms. The molecule has 0 atom stereocenters. The lowest BCUT2D eigenvalue weighted by Crippen LogP contribution is -2.04. The molecule has 0 saturated heterocycles. The third kappa shape index (κ3) is 5.02. The van der Waals surface area contributed by atoms with Gasteiger partial charge >= 0.3 is 5.97 Å². The number of carboxylic acid groups (broad SMARTS) is 1. The molecule has 0 fully saturated rings. The van der Waals surface area contributed by atoms with Crippen molar-refractivity contribution in [1.82, 2.24) is 24.7 Å². The maximum absolute atomic E-state index is 11.4. The number of hydrogen-bond donors (Lipinski definition) is 1. The predicted molar refractivity (Wildman–Crippen MR) is 154 cm³/mol. The van der Waals surface area contributed by atoms with Crippen LogP contribution in [0, 0.1) is 0 Å². The molecule has 8 heteroatoms. The van der Waals surface area contributed by atoms with Crippen LogP contribution in [0.25, 0.3) is 50.5 Å². The molecular formula is C32H25N5O3. The first kappa shape index (κ1) is 24.9. The Labute approximate surface area is 230 Å². The van der Waals surface area contributed by atoms with Crippen molar-refractivity contribution in [3.05, 3.63) is 109 Å². The van der Waals surface area contributed by atoms with E-state index >= 15 is 0 Å². The summed E-state index contributed by atoms with van der Waals surface area (Å²) in [4.78, 5) is 24.6. The van der Waals surface area contributed by atoms with Gasteiger partial charge in [-0.2, -0.15) is 5.10 Å². The number of pyridine rings is 1. The van der Waals surface area contributed by atoms with Gasteiger partial charge in [-0.1, -0.05) is 49.4 Å². The highest BCUT2D eigenvalue weighted by Gasteiger charge is 2.16. The minimum absolute atomic E-state index is 0.110. The van der Waals surface area contributed by atoms with Crippen LogP contribution in [0.4, 0.5) is 0 Å². The maximum Gasteiger partial charge on any atom is 0.337 e. The van der Waals surface area contributed by atoms with E-state index in [4.69, 9.17) is 9.84 Å². The van der Waals surface area contributed by atoms with Crippen LogP contribution in [0.1, 0.15) is 23.7 Å². The Balaban J connectivity index is 1.37. The molecule has 1 N–H and O–H groups in total. The zero-order valence-corrected chi connectivity index (χ0v) is 21.7. The van der Waals surface area contributed by atoms with Crippen molar-refractivity contribution in [2.45, 2.75) is 13.3 Å². The van der Waals surface area contributed by atoms with Crippen molar-refractivity contribution >= 4 is 17.0 Å². The van der Waals surface area contributed by atoms with Crippen molar-refractivity contribution < 1.29 is 14.6 Å². The van der Waals surface area contributed by atoms with Crippen molar-refractivity contribution in [3.8, 4) is 45.2 Å². The van der Waals surface area contributed by atoms with Gasteiger partial charge in [0.05, 0.1) is 34.6 Å². The highest BCUT2D eigenvalue weighted by atomic mass is 16.5. The highest BCUT2D eigenvalue weighted by molar-refractivity contribution is 5.87. The summed E-state index contributed by atoms with van der Waals surface area (Å²) in [5.41, 5.74) is 7.23. The zero-order valence-electron chi connectivity index (χ0n) is 21.7. The number of aromatic carboxylic acids is 1. The number of aromatic nitrogens is 5. The van der Waals surface area contributed by atoms with E-state index in [0.29, 0.717) is 12.4 Å². The number of fused-ring (bicyclic) bond motifs is 1. The van der Waals surface area contributed by atoms with Crippen molar-refractivity contribution in [2.75, 3.05) is 6.61 Å². The summed E-state index contributed by atoms with van der Waals surface area (Å²) in [5, 5.41) is 14.2. The largest absolute Gasteiger partial charge is 0.494 e. The van der Waals surface area contributed by atoms with Crippen LogP contribution in [0.15, 0.2) is 104 Å². The van der Waals surface area contributed by atoms with Crippen molar-refractivity contribution in [3.63, 3.8) is 0 Å². The molecule has 3 aromatic carbocycles. The third-order valence-electron chi connectivity index (χ3n) is 6.53. The summed E-state index contributed by atoms with van der Waals surface area (Å²) in [6.07, 6.45) is 5.63. The van der Waals surface area contributed by atoms with Gasteiger partial charge in [0.25, 0.3) is 0 Å². The van der Waals surface area contributed by atoms with Crippen LogP contribution in [-0.2, 0) is 0 Å². The number of carboxylic acids is 1. The summed E-state index contributed by atoms with van der Waals surface area (Å²) in [7, 11) is 0. The molecule has 0 spiro atoms. The molecule has 0 aliphatic carbocycles. The fraction of sp³-hybridized carbons (Fsp3) is 0.0938. The van der Waals surface area contributed by atoms with Gasteiger partial charge in [-0.05, 0) is 60.0 Å². The van der Waals surface area contributed by atoms with E-state index in [2.05, 4.69) is 46.1 Å². The lowest BCUT2D eigenvalue weighted by Gasteiger charge is -2.08. The molecule has 0 unspecified atom stereocenters. The third-order valence-corrected chi connectivity index (χ3v) is 6.53. The molecule has 0 radical (unpaired) electrons. The van der Waals surface area contributed by atoms with E-state index in [1.165, 1.54) is 12.3 Å². The smallest absolute Gasteiger partial charge is 0.337 e. The number of rotatable bonds is 8. The maximum atomic E-state index is 11.4. The van der Waals surface area contributed by atoms with Gasteiger partial charge in [0.2, 0.25) is 0 Å². The van der Waals surface area contributed by atoms with Crippen molar-refractivity contribution in [2.24, 2.45) is 0 Å². The van der Waals surface area contributed by atoms with Crippen LogP contribution in [-0.4, -0.2) is 42.4 Å². The van der Waals surface area contributed by atoms with Gasteiger partial charge in [-0.3, -0.25) is 9.97 Å². The number of carbonyl (C=O) groups is 1. The minimum atomic E-state index is -1.03. The van der Waals surface area contributed by atoms with E-state index < -0.39 is 5.97 Å². The summed E-state index contributed by atoms with van der Waals surface area (Å²) in [6, 6.07) is 27.3. The first-order valence-electron chi connectivity index (χ1n) is 12.9. The summed E-state index contributed by atoms with van der Waals surface area (Å²) in [6.45, 7) is 2.79. The summed E-state index contributed by atoms with van der Waals surface area (Å²) >= 11 is 0. The average molecular weight is 528 g/mol. The molecule has 3 heterocycles. The minimum Gasteiger partial charge on any atom is -0.494 e. The zero-order chi connectivity index (χ0) is 27.5. The van der Waals surface area contributed by atoms with Crippen molar-refractivity contribution in [1.29, 1.82) is 0 Å². The standard InChI is InChI=1S/C32H25N5O3/c1-2-17-40-26-11-7-22(8-12-26)21-3-5-23(6-4-21)28-19-30(24-9-13-27-29(18-24)34-16-15-33-27)37(36-28)31-14-10-25(20-35-31)32(38)39/h3-16,18-20H,2,17H2,1H3,(H,38,39). The molecule has 3 aromatic heterocycles. The fourth-order valence-corrected chi connectivity index (χ4v) is 4.46. The van der Waals surface area contributed by atoms with Crippen LogP contribution in [0.2, 0.25) is 0 Å². The number of ether oxygens (including phenoxy) is 1. The Hall–Kier alpha value is -5.37. The molecular weight excluding hydrogens is 502 g/mol. The number of benzene rings is 3. The molecule has 0 bridgehead atoms. The number of hydrogen-bond acceptors (Lipinski definition) is 6. The monoisotopic (exact) mass is 527 g/mol.